The molecule has 150 valence electrons. The fourth-order valence-corrected chi connectivity index (χ4v) is 4.16. The monoisotopic (exact) mass is 426 g/mol. The van der Waals surface area contributed by atoms with Gasteiger partial charge in [0, 0.05) is 6.20 Å². The summed E-state index contributed by atoms with van der Waals surface area (Å²) in [6.45, 7) is -0.801. The van der Waals surface area contributed by atoms with E-state index in [1.807, 2.05) is 0 Å². The maximum atomic E-state index is 11.5. The zero-order valence-corrected chi connectivity index (χ0v) is 15.1. The number of fused-ring (bicyclic) bond motifs is 1. The standard InChI is InChI=1S/C11H16N4O10P2/c12-5-1-2-13-10-7(5)14-4-15(10)11-9(17)8(16)6(24-11)3-23-27(21,22)25-26(18,19)20/h1-2,4,6,8-9,11,16-17H,3H2,(H2,12,13)(H,21,22)(H2,18,19,20)/t6-,8?,9+,11-/m1/s1. The molecule has 2 aromatic rings. The Morgan fingerprint density at radius 2 is 1.93 bits per heavy atom. The number of aliphatic hydroxyl groups is 2. The summed E-state index contributed by atoms with van der Waals surface area (Å²) in [5, 5.41) is 20.3. The van der Waals surface area contributed by atoms with Crippen molar-refractivity contribution in [1.82, 2.24) is 14.5 Å². The summed E-state index contributed by atoms with van der Waals surface area (Å²) in [6.07, 6.45) is -2.83. The maximum Gasteiger partial charge on any atom is 0.481 e. The molecule has 27 heavy (non-hydrogen) atoms. The second-order valence-corrected chi connectivity index (χ2v) is 8.44. The van der Waals surface area contributed by atoms with Gasteiger partial charge in [-0.25, -0.2) is 19.1 Å². The Bertz CT molecular complexity index is 931. The number of aliphatic hydroxyl groups excluding tert-OH is 2. The van der Waals surface area contributed by atoms with Crippen LogP contribution in [0.1, 0.15) is 6.23 Å². The third-order valence-electron chi connectivity index (χ3n) is 3.71. The van der Waals surface area contributed by atoms with Crippen LogP contribution in [0.2, 0.25) is 0 Å². The molecule has 0 bridgehead atoms. The first kappa shape index (κ1) is 20.3. The van der Waals surface area contributed by atoms with E-state index in [0.29, 0.717) is 11.2 Å². The molecule has 1 fully saturated rings. The SMILES string of the molecule is Nc1ccnc2c1ncn2[C@@H]1O[C@H](COP(=O)(O)OP(=O)(O)O)C(O)[C@@H]1O. The van der Waals surface area contributed by atoms with Crippen LogP contribution in [-0.4, -0.2) is 64.3 Å². The molecule has 16 heteroatoms. The van der Waals surface area contributed by atoms with Crippen molar-refractivity contribution in [2.24, 2.45) is 0 Å². The Balaban J connectivity index is 1.75. The summed E-state index contributed by atoms with van der Waals surface area (Å²) in [6, 6.07) is 1.52. The van der Waals surface area contributed by atoms with Crippen molar-refractivity contribution < 1.29 is 47.6 Å². The van der Waals surface area contributed by atoms with Gasteiger partial charge in [-0.2, -0.15) is 4.31 Å². The fourth-order valence-electron chi connectivity index (χ4n) is 2.56. The van der Waals surface area contributed by atoms with Gasteiger partial charge in [-0.05, 0) is 6.07 Å². The molecule has 1 aliphatic rings. The van der Waals surface area contributed by atoms with Gasteiger partial charge < -0.3 is 35.4 Å². The van der Waals surface area contributed by atoms with E-state index in [2.05, 4.69) is 18.8 Å². The van der Waals surface area contributed by atoms with Gasteiger partial charge in [0.05, 0.1) is 18.6 Å². The van der Waals surface area contributed by atoms with Crippen LogP contribution < -0.4 is 5.73 Å². The Hall–Kier alpha value is -1.44. The van der Waals surface area contributed by atoms with E-state index in [-0.39, 0.29) is 5.65 Å². The number of rotatable bonds is 6. The first-order valence-electron chi connectivity index (χ1n) is 7.31. The first-order valence-corrected chi connectivity index (χ1v) is 10.3. The molecule has 0 radical (unpaired) electrons. The summed E-state index contributed by atoms with van der Waals surface area (Å²) < 4.78 is 36.9. The van der Waals surface area contributed by atoms with Crippen LogP contribution in [0.3, 0.4) is 0 Å². The molecule has 2 unspecified atom stereocenters. The molecular formula is C11H16N4O10P2. The maximum absolute atomic E-state index is 11.5. The number of phosphoric acid groups is 2. The molecule has 0 spiro atoms. The number of hydrogen-bond donors (Lipinski definition) is 6. The van der Waals surface area contributed by atoms with E-state index < -0.39 is 46.8 Å². The topological polar surface area (TPSA) is 220 Å². The van der Waals surface area contributed by atoms with Gasteiger partial charge in [0.1, 0.15) is 23.8 Å². The minimum absolute atomic E-state index is 0.269. The van der Waals surface area contributed by atoms with Gasteiger partial charge >= 0.3 is 15.6 Å². The second-order valence-electron chi connectivity index (χ2n) is 5.61. The number of imidazole rings is 1. The molecule has 3 rings (SSSR count). The van der Waals surface area contributed by atoms with Gasteiger partial charge in [-0.1, -0.05) is 0 Å². The molecule has 1 saturated heterocycles. The molecule has 3 heterocycles. The number of ether oxygens (including phenoxy) is 1. The molecule has 0 aromatic carbocycles. The molecule has 5 atom stereocenters. The molecule has 2 aromatic heterocycles. The van der Waals surface area contributed by atoms with Crippen LogP contribution >= 0.6 is 15.6 Å². The van der Waals surface area contributed by atoms with Crippen LogP contribution in [-0.2, 0) is 22.7 Å². The number of pyridine rings is 1. The Kier molecular flexibility index (Phi) is 5.40. The highest BCUT2D eigenvalue weighted by atomic mass is 31.3. The molecule has 0 aliphatic carbocycles. The van der Waals surface area contributed by atoms with Crippen molar-refractivity contribution >= 4 is 32.5 Å². The lowest BCUT2D eigenvalue weighted by Gasteiger charge is -2.17. The summed E-state index contributed by atoms with van der Waals surface area (Å²) in [7, 11) is -10.4. The molecule has 1 aliphatic heterocycles. The van der Waals surface area contributed by atoms with E-state index in [1.165, 1.54) is 23.2 Å². The minimum atomic E-state index is -5.28. The largest absolute Gasteiger partial charge is 0.481 e. The summed E-state index contributed by atoms with van der Waals surface area (Å²) in [5.41, 5.74) is 6.73. The number of nitrogens with two attached hydrogens (primary N) is 1. The summed E-state index contributed by atoms with van der Waals surface area (Å²) >= 11 is 0. The smallest absolute Gasteiger partial charge is 0.397 e. The van der Waals surface area contributed by atoms with Crippen LogP contribution in [0.5, 0.6) is 0 Å². The molecular weight excluding hydrogens is 410 g/mol. The number of phosphoric ester groups is 1. The zero-order chi connectivity index (χ0) is 20.0. The van der Waals surface area contributed by atoms with Crippen LogP contribution in [0.15, 0.2) is 18.6 Å². The van der Waals surface area contributed by atoms with Gasteiger partial charge in [-0.3, -0.25) is 9.09 Å². The highest BCUT2D eigenvalue weighted by Gasteiger charge is 2.46. The van der Waals surface area contributed by atoms with Gasteiger partial charge in [0.2, 0.25) is 0 Å². The first-order chi connectivity index (χ1) is 12.5. The van der Waals surface area contributed by atoms with Gasteiger partial charge in [-0.15, -0.1) is 0 Å². The number of aromatic nitrogens is 3. The van der Waals surface area contributed by atoms with Gasteiger partial charge in [0.25, 0.3) is 0 Å². The van der Waals surface area contributed by atoms with Crippen molar-refractivity contribution in [2.45, 2.75) is 24.5 Å². The average molecular weight is 426 g/mol. The van der Waals surface area contributed by atoms with E-state index in [9.17, 15) is 24.2 Å². The normalized spacial score (nSPS) is 28.5. The number of nitrogens with zero attached hydrogens (tertiary/aromatic N) is 3. The average Bonchev–Trinajstić information content (AvgIpc) is 3.07. The van der Waals surface area contributed by atoms with Crippen molar-refractivity contribution in [3.8, 4) is 0 Å². The Morgan fingerprint density at radius 1 is 1.22 bits per heavy atom. The molecule has 0 amide bonds. The minimum Gasteiger partial charge on any atom is -0.397 e. The van der Waals surface area contributed by atoms with Gasteiger partial charge in [0.15, 0.2) is 11.9 Å². The zero-order valence-electron chi connectivity index (χ0n) is 13.3. The fraction of sp³-hybridized carbons (Fsp3) is 0.455. The van der Waals surface area contributed by atoms with Crippen molar-refractivity contribution in [1.29, 1.82) is 0 Å². The Labute approximate surface area is 151 Å². The van der Waals surface area contributed by atoms with E-state index in [0.717, 1.165) is 0 Å². The number of anilines is 1. The lowest BCUT2D eigenvalue weighted by Crippen LogP contribution is -2.33. The Morgan fingerprint density at radius 3 is 2.59 bits per heavy atom. The lowest BCUT2D eigenvalue weighted by molar-refractivity contribution is -0.0503. The summed E-state index contributed by atoms with van der Waals surface area (Å²) in [5.74, 6) is 0. The van der Waals surface area contributed by atoms with Crippen molar-refractivity contribution in [3.05, 3.63) is 18.6 Å². The van der Waals surface area contributed by atoms with Crippen LogP contribution in [0.4, 0.5) is 5.69 Å². The third-order valence-corrected chi connectivity index (χ3v) is 5.87. The second kappa shape index (κ2) is 7.18. The predicted octanol–water partition coefficient (Wildman–Crippen LogP) is -1.14. The predicted molar refractivity (Wildman–Crippen MR) is 86.8 cm³/mol. The van der Waals surface area contributed by atoms with E-state index in [4.69, 9.17) is 20.3 Å². The quantitative estimate of drug-likeness (QED) is 0.301. The molecule has 14 nitrogen and oxygen atoms in total. The lowest BCUT2D eigenvalue weighted by atomic mass is 10.1. The molecule has 0 saturated carbocycles. The van der Waals surface area contributed by atoms with E-state index in [1.54, 1.807) is 0 Å². The molecule has 7 N–H and O–H groups in total. The van der Waals surface area contributed by atoms with Crippen LogP contribution in [0, 0.1) is 0 Å². The number of hydrogen-bond acceptors (Lipinski definition) is 10. The number of nitrogen functional groups attached to an aromatic ring is 1. The highest BCUT2D eigenvalue weighted by molar-refractivity contribution is 7.60. The van der Waals surface area contributed by atoms with Crippen molar-refractivity contribution in [2.75, 3.05) is 12.3 Å². The third kappa shape index (κ3) is 4.36. The van der Waals surface area contributed by atoms with Crippen LogP contribution in [0.25, 0.3) is 11.2 Å². The highest BCUT2D eigenvalue weighted by Crippen LogP contribution is 2.57. The summed E-state index contributed by atoms with van der Waals surface area (Å²) in [4.78, 5) is 34.5. The van der Waals surface area contributed by atoms with Crippen molar-refractivity contribution in [3.63, 3.8) is 0 Å². The van der Waals surface area contributed by atoms with E-state index >= 15 is 0 Å².